The van der Waals surface area contributed by atoms with Crippen molar-refractivity contribution >= 4 is 22.9 Å². The van der Waals surface area contributed by atoms with E-state index in [2.05, 4.69) is 5.32 Å². The lowest BCUT2D eigenvalue weighted by Crippen LogP contribution is -2.39. The summed E-state index contributed by atoms with van der Waals surface area (Å²) in [5.41, 5.74) is 0.967. The van der Waals surface area contributed by atoms with Crippen LogP contribution in [0.25, 0.3) is 0 Å². The molecule has 1 heterocycles. The lowest BCUT2D eigenvalue weighted by Gasteiger charge is -2.18. The second-order valence-electron chi connectivity index (χ2n) is 3.99. The van der Waals surface area contributed by atoms with Gasteiger partial charge in [0, 0.05) is 17.5 Å². The van der Waals surface area contributed by atoms with Gasteiger partial charge in [-0.3, -0.25) is 0 Å². The zero-order chi connectivity index (χ0) is 12.6. The zero-order valence-corrected chi connectivity index (χ0v) is 10.3. The highest BCUT2D eigenvalue weighted by Crippen LogP contribution is 2.39. The van der Waals surface area contributed by atoms with Crippen LogP contribution < -0.4 is 5.32 Å². The molecular formula is C10H11ClF3NOS. The Balaban J connectivity index is 1.94. The van der Waals surface area contributed by atoms with Crippen LogP contribution in [-0.4, -0.2) is 23.9 Å². The number of hydrogen-bond acceptors (Lipinski definition) is 3. The van der Waals surface area contributed by atoms with Gasteiger partial charge in [-0.15, -0.1) is 11.3 Å². The van der Waals surface area contributed by atoms with Gasteiger partial charge < -0.3 is 10.4 Å². The number of halogens is 4. The van der Waals surface area contributed by atoms with Crippen molar-refractivity contribution in [1.29, 1.82) is 0 Å². The Morgan fingerprint density at radius 2 is 2.29 bits per heavy atom. The van der Waals surface area contributed by atoms with E-state index < -0.39 is 18.8 Å². The van der Waals surface area contributed by atoms with Crippen LogP contribution in [-0.2, 0) is 6.42 Å². The molecule has 1 aliphatic rings. The fraction of sp³-hybridized carbons (Fsp3) is 0.600. The van der Waals surface area contributed by atoms with Crippen molar-refractivity contribution < 1.29 is 18.3 Å². The van der Waals surface area contributed by atoms with Crippen molar-refractivity contribution in [2.75, 3.05) is 6.54 Å². The van der Waals surface area contributed by atoms with E-state index >= 15 is 0 Å². The molecule has 0 radical (unpaired) electrons. The standard InChI is InChI=1S/C10H11ClF3NOS/c11-9-3-5-6(1-2-7(5)17-9)15-4-8(16)10(12,13)14/h3,6,8,15-16H,1-2,4H2. The maximum absolute atomic E-state index is 12.1. The molecule has 2 N–H and O–H groups in total. The van der Waals surface area contributed by atoms with Crippen molar-refractivity contribution in [1.82, 2.24) is 5.32 Å². The van der Waals surface area contributed by atoms with Gasteiger partial charge in [0.2, 0.25) is 0 Å². The molecule has 1 aliphatic carbocycles. The van der Waals surface area contributed by atoms with E-state index in [0.717, 1.165) is 23.3 Å². The van der Waals surface area contributed by atoms with Crippen LogP contribution in [0, 0.1) is 0 Å². The Morgan fingerprint density at radius 3 is 2.94 bits per heavy atom. The summed E-state index contributed by atoms with van der Waals surface area (Å²) < 4.78 is 37.0. The molecule has 7 heteroatoms. The van der Waals surface area contributed by atoms with E-state index in [-0.39, 0.29) is 6.04 Å². The first-order valence-electron chi connectivity index (χ1n) is 5.14. The molecule has 0 fully saturated rings. The Morgan fingerprint density at radius 1 is 1.59 bits per heavy atom. The predicted molar refractivity (Wildman–Crippen MR) is 60.5 cm³/mol. The molecule has 2 rings (SSSR count). The second-order valence-corrected chi connectivity index (χ2v) is 5.75. The van der Waals surface area contributed by atoms with Crippen LogP contribution in [0.1, 0.15) is 22.9 Å². The average Bonchev–Trinajstić information content (AvgIpc) is 2.72. The molecule has 0 spiro atoms. The molecule has 1 aromatic heterocycles. The first kappa shape index (κ1) is 13.1. The van der Waals surface area contributed by atoms with Crippen molar-refractivity contribution in [3.63, 3.8) is 0 Å². The minimum Gasteiger partial charge on any atom is -0.382 e. The van der Waals surface area contributed by atoms with E-state index in [1.807, 2.05) is 0 Å². The van der Waals surface area contributed by atoms with Gasteiger partial charge in [0.15, 0.2) is 6.10 Å². The number of aliphatic hydroxyl groups excluding tert-OH is 1. The number of nitrogens with one attached hydrogen (secondary N) is 1. The van der Waals surface area contributed by atoms with Crippen LogP contribution >= 0.6 is 22.9 Å². The fourth-order valence-corrected chi connectivity index (χ4v) is 3.27. The summed E-state index contributed by atoms with van der Waals surface area (Å²) in [7, 11) is 0. The Kier molecular flexibility index (Phi) is 3.68. The van der Waals surface area contributed by atoms with Gasteiger partial charge in [0.25, 0.3) is 0 Å². The van der Waals surface area contributed by atoms with Crippen LogP contribution in [0.3, 0.4) is 0 Å². The molecule has 17 heavy (non-hydrogen) atoms. The van der Waals surface area contributed by atoms with Gasteiger partial charge in [-0.25, -0.2) is 0 Å². The minimum atomic E-state index is -4.57. The smallest absolute Gasteiger partial charge is 0.382 e. The minimum absolute atomic E-state index is 0.134. The summed E-state index contributed by atoms with van der Waals surface area (Å²) in [5, 5.41) is 11.6. The lowest BCUT2D eigenvalue weighted by atomic mass is 10.1. The van der Waals surface area contributed by atoms with Crippen molar-refractivity contribution in [2.24, 2.45) is 0 Å². The number of thiophene rings is 1. The van der Waals surface area contributed by atoms with Crippen molar-refractivity contribution in [2.45, 2.75) is 31.2 Å². The number of aryl methyl sites for hydroxylation is 1. The number of hydrogen-bond donors (Lipinski definition) is 2. The van der Waals surface area contributed by atoms with Crippen LogP contribution in [0.5, 0.6) is 0 Å². The van der Waals surface area contributed by atoms with Crippen LogP contribution in [0.15, 0.2) is 6.07 Å². The second kappa shape index (κ2) is 4.76. The molecule has 0 aliphatic heterocycles. The first-order valence-corrected chi connectivity index (χ1v) is 6.33. The van der Waals surface area contributed by atoms with Gasteiger partial charge >= 0.3 is 6.18 Å². The third-order valence-electron chi connectivity index (χ3n) is 2.78. The van der Waals surface area contributed by atoms with Gasteiger partial charge in [-0.2, -0.15) is 13.2 Å². The normalized spacial score (nSPS) is 21.6. The Bertz CT molecular complexity index is 407. The predicted octanol–water partition coefficient (Wildman–Crippen LogP) is 2.90. The number of aliphatic hydroxyl groups is 1. The summed E-state index contributed by atoms with van der Waals surface area (Å²) in [6, 6.07) is 1.65. The van der Waals surface area contributed by atoms with Gasteiger partial charge in [0.05, 0.1) is 4.34 Å². The third-order valence-corrected chi connectivity index (χ3v) is 4.12. The molecule has 0 aromatic carbocycles. The average molecular weight is 286 g/mol. The van der Waals surface area contributed by atoms with Crippen LogP contribution in [0.4, 0.5) is 13.2 Å². The number of alkyl halides is 3. The van der Waals surface area contributed by atoms with Gasteiger partial charge in [-0.1, -0.05) is 11.6 Å². The van der Waals surface area contributed by atoms with Crippen molar-refractivity contribution in [3.8, 4) is 0 Å². The van der Waals surface area contributed by atoms with Crippen LogP contribution in [0.2, 0.25) is 4.34 Å². The molecular weight excluding hydrogens is 275 g/mol. The molecule has 2 atom stereocenters. The van der Waals surface area contributed by atoms with E-state index in [1.165, 1.54) is 11.3 Å². The van der Waals surface area contributed by atoms with Gasteiger partial charge in [0.1, 0.15) is 0 Å². The topological polar surface area (TPSA) is 32.3 Å². The highest BCUT2D eigenvalue weighted by atomic mass is 35.5. The van der Waals surface area contributed by atoms with Crippen molar-refractivity contribution in [3.05, 3.63) is 20.8 Å². The van der Waals surface area contributed by atoms with Gasteiger partial charge in [-0.05, 0) is 24.5 Å². The highest BCUT2D eigenvalue weighted by molar-refractivity contribution is 7.16. The summed E-state index contributed by atoms with van der Waals surface area (Å²) in [6.45, 7) is -0.485. The largest absolute Gasteiger partial charge is 0.415 e. The molecule has 2 nitrogen and oxygen atoms in total. The van der Waals surface area contributed by atoms with E-state index in [1.54, 1.807) is 6.07 Å². The Labute approximate surface area is 105 Å². The molecule has 0 saturated carbocycles. The number of fused-ring (bicyclic) bond motifs is 1. The highest BCUT2D eigenvalue weighted by Gasteiger charge is 2.38. The molecule has 1 aromatic rings. The zero-order valence-electron chi connectivity index (χ0n) is 8.72. The quantitative estimate of drug-likeness (QED) is 0.895. The Hall–Kier alpha value is -0.300. The maximum atomic E-state index is 12.1. The summed E-state index contributed by atoms with van der Waals surface area (Å²) >= 11 is 7.30. The monoisotopic (exact) mass is 285 g/mol. The SMILES string of the molecule is OC(CNC1CCc2sc(Cl)cc21)C(F)(F)F. The summed E-state index contributed by atoms with van der Waals surface area (Å²) in [6.07, 6.45) is -5.31. The molecule has 0 amide bonds. The number of rotatable bonds is 3. The summed E-state index contributed by atoms with van der Waals surface area (Å²) in [5.74, 6) is 0. The molecule has 0 saturated heterocycles. The first-order chi connectivity index (χ1) is 7.88. The lowest BCUT2D eigenvalue weighted by molar-refractivity contribution is -0.202. The van der Waals surface area contributed by atoms with E-state index in [9.17, 15) is 13.2 Å². The fourth-order valence-electron chi connectivity index (χ4n) is 1.91. The molecule has 0 bridgehead atoms. The third kappa shape index (κ3) is 2.93. The van der Waals surface area contributed by atoms with E-state index in [4.69, 9.17) is 16.7 Å². The molecule has 96 valence electrons. The molecule has 2 unspecified atom stereocenters. The summed E-state index contributed by atoms with van der Waals surface area (Å²) in [4.78, 5) is 1.12. The van der Waals surface area contributed by atoms with E-state index in [0.29, 0.717) is 4.34 Å². The maximum Gasteiger partial charge on any atom is 0.415 e.